The van der Waals surface area contributed by atoms with Gasteiger partial charge in [-0.25, -0.2) is 14.3 Å². The summed E-state index contributed by atoms with van der Waals surface area (Å²) in [5.74, 6) is -1.73. The first-order valence-corrected chi connectivity index (χ1v) is 11.1. The van der Waals surface area contributed by atoms with Crippen LogP contribution in [-0.4, -0.2) is 37.3 Å². The summed E-state index contributed by atoms with van der Waals surface area (Å²) in [5.41, 5.74) is 7.36. The lowest BCUT2D eigenvalue weighted by Gasteiger charge is -2.16. The van der Waals surface area contributed by atoms with Gasteiger partial charge in [0.15, 0.2) is 6.61 Å². The van der Waals surface area contributed by atoms with Crippen molar-refractivity contribution in [2.75, 3.05) is 12.3 Å². The number of ketones is 1. The van der Waals surface area contributed by atoms with E-state index in [9.17, 15) is 19.2 Å². The molecule has 2 heterocycles. The SMILES string of the molecule is Cc1nn(-c2ccccc2)c(C)c1C=CC(=O)OCC(=O)c1c(N)n(CC(C)C)c(=O)n(C)c1=O. The fraction of sp³-hybridized carbons (Fsp3) is 0.320. The Bertz CT molecular complexity index is 1410. The van der Waals surface area contributed by atoms with Crippen molar-refractivity contribution < 1.29 is 14.3 Å². The molecular weight excluding hydrogens is 450 g/mol. The average molecular weight is 480 g/mol. The quantitative estimate of drug-likeness (QED) is 0.297. The van der Waals surface area contributed by atoms with Gasteiger partial charge < -0.3 is 10.5 Å². The van der Waals surface area contributed by atoms with Crippen LogP contribution in [0.25, 0.3) is 11.8 Å². The van der Waals surface area contributed by atoms with E-state index in [1.54, 1.807) is 10.8 Å². The van der Waals surface area contributed by atoms with Crippen LogP contribution in [0.4, 0.5) is 5.82 Å². The van der Waals surface area contributed by atoms with Crippen molar-refractivity contribution >= 4 is 23.6 Å². The molecule has 184 valence electrons. The first-order valence-electron chi connectivity index (χ1n) is 11.1. The van der Waals surface area contributed by atoms with E-state index in [0.717, 1.165) is 27.2 Å². The Kier molecular flexibility index (Phi) is 7.53. The third-order valence-electron chi connectivity index (χ3n) is 5.49. The number of nitrogens with zero attached hydrogens (tertiary/aromatic N) is 4. The van der Waals surface area contributed by atoms with Crippen LogP contribution < -0.4 is 17.0 Å². The van der Waals surface area contributed by atoms with Crippen LogP contribution in [0.5, 0.6) is 0 Å². The number of esters is 1. The van der Waals surface area contributed by atoms with Crippen molar-refractivity contribution in [1.29, 1.82) is 0 Å². The second-order valence-electron chi connectivity index (χ2n) is 8.61. The molecule has 3 aromatic rings. The summed E-state index contributed by atoms with van der Waals surface area (Å²) in [7, 11) is 1.27. The van der Waals surface area contributed by atoms with Gasteiger partial charge in [-0.2, -0.15) is 5.10 Å². The van der Waals surface area contributed by atoms with Gasteiger partial charge in [-0.15, -0.1) is 0 Å². The minimum Gasteiger partial charge on any atom is -0.454 e. The zero-order valence-electron chi connectivity index (χ0n) is 20.4. The highest BCUT2D eigenvalue weighted by molar-refractivity contribution is 6.02. The van der Waals surface area contributed by atoms with Crippen LogP contribution in [-0.2, 0) is 23.1 Å². The van der Waals surface area contributed by atoms with Gasteiger partial charge in [0.05, 0.1) is 11.4 Å². The van der Waals surface area contributed by atoms with Crippen molar-refractivity contribution in [3.8, 4) is 5.69 Å². The molecule has 2 N–H and O–H groups in total. The number of anilines is 1. The predicted molar refractivity (Wildman–Crippen MR) is 133 cm³/mol. The molecule has 35 heavy (non-hydrogen) atoms. The number of nitrogens with two attached hydrogens (primary N) is 1. The number of hydrogen-bond acceptors (Lipinski definition) is 7. The maximum Gasteiger partial charge on any atom is 0.332 e. The molecule has 0 spiro atoms. The van der Waals surface area contributed by atoms with Crippen molar-refractivity contribution in [3.63, 3.8) is 0 Å². The van der Waals surface area contributed by atoms with Gasteiger partial charge >= 0.3 is 11.7 Å². The highest BCUT2D eigenvalue weighted by Crippen LogP contribution is 2.19. The van der Waals surface area contributed by atoms with E-state index in [1.165, 1.54) is 17.7 Å². The number of carbonyl (C=O) groups excluding carboxylic acids is 2. The zero-order chi connectivity index (χ0) is 25.9. The molecule has 0 saturated carbocycles. The van der Waals surface area contributed by atoms with Crippen LogP contribution in [0.2, 0.25) is 0 Å². The Hall–Kier alpha value is -4.21. The number of rotatable bonds is 8. The molecule has 0 saturated heterocycles. The molecule has 0 aliphatic rings. The van der Waals surface area contributed by atoms with Gasteiger partial charge in [0.2, 0.25) is 5.78 Å². The normalized spacial score (nSPS) is 11.4. The fourth-order valence-corrected chi connectivity index (χ4v) is 3.71. The Morgan fingerprint density at radius 1 is 1.14 bits per heavy atom. The molecule has 1 aromatic carbocycles. The Morgan fingerprint density at radius 2 is 1.80 bits per heavy atom. The lowest BCUT2D eigenvalue weighted by Crippen LogP contribution is -2.43. The Balaban J connectivity index is 1.76. The molecule has 0 amide bonds. The number of hydrogen-bond donors (Lipinski definition) is 1. The summed E-state index contributed by atoms with van der Waals surface area (Å²) in [6, 6.07) is 9.57. The van der Waals surface area contributed by atoms with Crippen molar-refractivity contribution in [2.45, 2.75) is 34.2 Å². The molecule has 2 aromatic heterocycles. The molecule has 0 bridgehead atoms. The number of carbonyl (C=O) groups is 2. The zero-order valence-corrected chi connectivity index (χ0v) is 20.4. The molecule has 10 nitrogen and oxygen atoms in total. The summed E-state index contributed by atoms with van der Waals surface area (Å²) in [4.78, 5) is 49.9. The third-order valence-corrected chi connectivity index (χ3v) is 5.49. The minimum absolute atomic E-state index is 0.0524. The van der Waals surface area contributed by atoms with E-state index in [4.69, 9.17) is 10.5 Å². The van der Waals surface area contributed by atoms with Gasteiger partial charge in [-0.1, -0.05) is 32.0 Å². The lowest BCUT2D eigenvalue weighted by atomic mass is 10.1. The molecule has 10 heteroatoms. The maximum atomic E-state index is 12.7. The topological polar surface area (TPSA) is 131 Å². The summed E-state index contributed by atoms with van der Waals surface area (Å²) in [5, 5.41) is 4.52. The Morgan fingerprint density at radius 3 is 2.43 bits per heavy atom. The Labute approximate surface area is 202 Å². The van der Waals surface area contributed by atoms with Crippen LogP contribution in [0.15, 0.2) is 46.0 Å². The lowest BCUT2D eigenvalue weighted by molar-refractivity contribution is -0.136. The van der Waals surface area contributed by atoms with E-state index in [2.05, 4.69) is 5.10 Å². The number of para-hydroxylation sites is 1. The van der Waals surface area contributed by atoms with Crippen molar-refractivity contribution in [2.24, 2.45) is 13.0 Å². The second-order valence-corrected chi connectivity index (χ2v) is 8.61. The minimum atomic E-state index is -0.830. The summed E-state index contributed by atoms with van der Waals surface area (Å²) in [6.07, 6.45) is 2.76. The molecular formula is C25H29N5O5. The van der Waals surface area contributed by atoms with Crippen LogP contribution in [0, 0.1) is 19.8 Å². The first kappa shape index (κ1) is 25.4. The van der Waals surface area contributed by atoms with E-state index in [1.807, 2.05) is 58.0 Å². The van der Waals surface area contributed by atoms with E-state index in [0.29, 0.717) is 0 Å². The maximum absolute atomic E-state index is 12.7. The largest absolute Gasteiger partial charge is 0.454 e. The summed E-state index contributed by atoms with van der Waals surface area (Å²) in [6.45, 7) is 7.00. The van der Waals surface area contributed by atoms with Gasteiger partial charge in [-0.05, 0) is 38.0 Å². The number of Topliss-reactive ketones (excluding diaryl/α,β-unsaturated/α-hetero) is 1. The summed E-state index contributed by atoms with van der Waals surface area (Å²) >= 11 is 0. The first-order chi connectivity index (χ1) is 16.5. The smallest absolute Gasteiger partial charge is 0.332 e. The van der Waals surface area contributed by atoms with Gasteiger partial charge in [0.25, 0.3) is 5.56 Å². The number of aryl methyl sites for hydroxylation is 1. The van der Waals surface area contributed by atoms with Crippen LogP contribution in [0.1, 0.15) is 41.2 Å². The van der Waals surface area contributed by atoms with Gasteiger partial charge in [-0.3, -0.25) is 18.7 Å². The third kappa shape index (κ3) is 5.32. The molecule has 0 atom stereocenters. The number of benzene rings is 1. The van der Waals surface area contributed by atoms with Crippen LogP contribution >= 0.6 is 0 Å². The second kappa shape index (κ2) is 10.4. The number of nitrogen functional groups attached to an aromatic ring is 1. The van der Waals surface area contributed by atoms with Crippen LogP contribution in [0.3, 0.4) is 0 Å². The number of ether oxygens (including phenoxy) is 1. The van der Waals surface area contributed by atoms with E-state index in [-0.39, 0.29) is 23.8 Å². The average Bonchev–Trinajstić information content (AvgIpc) is 3.11. The van der Waals surface area contributed by atoms with Gasteiger partial charge in [0.1, 0.15) is 11.4 Å². The van der Waals surface area contributed by atoms with Crippen molar-refractivity contribution in [1.82, 2.24) is 18.9 Å². The summed E-state index contributed by atoms with van der Waals surface area (Å²) < 4.78 is 8.83. The fourth-order valence-electron chi connectivity index (χ4n) is 3.71. The van der Waals surface area contributed by atoms with E-state index >= 15 is 0 Å². The van der Waals surface area contributed by atoms with E-state index < -0.39 is 29.6 Å². The van der Waals surface area contributed by atoms with Crippen molar-refractivity contribution in [3.05, 3.63) is 79.8 Å². The predicted octanol–water partition coefficient (Wildman–Crippen LogP) is 2.03. The molecule has 0 aliphatic heterocycles. The standard InChI is InChI=1S/C25H29N5O5/c1-15(2)13-29-23(26)22(24(33)28(5)25(29)34)20(31)14-35-21(32)12-11-19-16(3)27-30(17(19)4)18-9-7-6-8-10-18/h6-12,15H,13-14,26H2,1-5H3. The molecule has 0 unspecified atom stereocenters. The van der Waals surface area contributed by atoms with Gasteiger partial charge in [0, 0.05) is 30.9 Å². The number of aromatic nitrogens is 4. The highest BCUT2D eigenvalue weighted by atomic mass is 16.5. The molecule has 0 radical (unpaired) electrons. The highest BCUT2D eigenvalue weighted by Gasteiger charge is 2.22. The molecule has 0 aliphatic carbocycles. The molecule has 0 fully saturated rings. The molecule has 3 rings (SSSR count). The monoisotopic (exact) mass is 479 g/mol.